The third-order valence-electron chi connectivity index (χ3n) is 4.32. The fraction of sp³-hybridized carbons (Fsp3) is 0.714. The van der Waals surface area contributed by atoms with Crippen molar-refractivity contribution in [2.75, 3.05) is 23.7 Å². The van der Waals surface area contributed by atoms with E-state index >= 15 is 0 Å². The summed E-state index contributed by atoms with van der Waals surface area (Å²) in [7, 11) is 0. The second-order valence-electron chi connectivity index (χ2n) is 5.84. The lowest BCUT2D eigenvalue weighted by molar-refractivity contribution is 0.436. The molecule has 1 aromatic rings. The average molecular weight is 261 g/mol. The van der Waals surface area contributed by atoms with Crippen LogP contribution >= 0.6 is 0 Å². The molecule has 0 radical (unpaired) electrons. The van der Waals surface area contributed by atoms with Crippen molar-refractivity contribution in [1.82, 2.24) is 9.97 Å². The van der Waals surface area contributed by atoms with Gasteiger partial charge in [0, 0.05) is 31.1 Å². The molecule has 2 fully saturated rings. The van der Waals surface area contributed by atoms with Crippen molar-refractivity contribution in [3.63, 3.8) is 0 Å². The summed E-state index contributed by atoms with van der Waals surface area (Å²) in [5.41, 5.74) is 13.0. The second kappa shape index (κ2) is 5.33. The standard InChI is InChI=1S/C14H23N5/c15-11-6-7-19(9-11)13-8-12(17-14(16)18-13)10-4-2-1-3-5-10/h8,10-11H,1-7,9,15H2,(H2,16,17,18)/t11-/m1/s1. The van der Waals surface area contributed by atoms with E-state index in [1.807, 2.05) is 0 Å². The lowest BCUT2D eigenvalue weighted by atomic mass is 9.87. The smallest absolute Gasteiger partial charge is 0.222 e. The maximum Gasteiger partial charge on any atom is 0.222 e. The van der Waals surface area contributed by atoms with E-state index in [1.54, 1.807) is 0 Å². The molecule has 0 bridgehead atoms. The molecule has 0 amide bonds. The Morgan fingerprint density at radius 1 is 1.11 bits per heavy atom. The summed E-state index contributed by atoms with van der Waals surface area (Å²) in [5, 5.41) is 0. The zero-order valence-electron chi connectivity index (χ0n) is 11.4. The Kier molecular flexibility index (Phi) is 3.55. The summed E-state index contributed by atoms with van der Waals surface area (Å²) in [4.78, 5) is 11.1. The molecule has 0 unspecified atom stereocenters. The van der Waals surface area contributed by atoms with Gasteiger partial charge in [0.25, 0.3) is 0 Å². The fourth-order valence-corrected chi connectivity index (χ4v) is 3.24. The highest BCUT2D eigenvalue weighted by Gasteiger charge is 2.23. The number of rotatable bonds is 2. The van der Waals surface area contributed by atoms with E-state index in [0.717, 1.165) is 31.0 Å². The molecule has 1 aliphatic heterocycles. The van der Waals surface area contributed by atoms with Crippen molar-refractivity contribution >= 4 is 11.8 Å². The third kappa shape index (κ3) is 2.81. The van der Waals surface area contributed by atoms with Crippen LogP contribution in [0.25, 0.3) is 0 Å². The molecule has 4 N–H and O–H groups in total. The first kappa shape index (κ1) is 12.7. The van der Waals surface area contributed by atoms with E-state index in [0.29, 0.717) is 11.9 Å². The monoisotopic (exact) mass is 261 g/mol. The van der Waals surface area contributed by atoms with Crippen LogP contribution < -0.4 is 16.4 Å². The number of nitrogens with zero attached hydrogens (tertiary/aromatic N) is 3. The van der Waals surface area contributed by atoms with Crippen molar-refractivity contribution in [1.29, 1.82) is 0 Å². The Hall–Kier alpha value is -1.36. The molecule has 1 saturated carbocycles. The second-order valence-corrected chi connectivity index (χ2v) is 5.84. The van der Waals surface area contributed by atoms with Crippen molar-refractivity contribution in [2.45, 2.75) is 50.5 Å². The van der Waals surface area contributed by atoms with Gasteiger partial charge in [0.05, 0.1) is 5.69 Å². The summed E-state index contributed by atoms with van der Waals surface area (Å²) in [6.45, 7) is 1.85. The molecule has 104 valence electrons. The molecule has 2 aliphatic rings. The number of nitrogen functional groups attached to an aromatic ring is 1. The van der Waals surface area contributed by atoms with Gasteiger partial charge in [-0.25, -0.2) is 4.98 Å². The lowest BCUT2D eigenvalue weighted by Crippen LogP contribution is -2.27. The zero-order valence-corrected chi connectivity index (χ0v) is 11.4. The largest absolute Gasteiger partial charge is 0.368 e. The van der Waals surface area contributed by atoms with Gasteiger partial charge in [0.1, 0.15) is 5.82 Å². The number of nitrogens with two attached hydrogens (primary N) is 2. The number of anilines is 2. The number of hydrogen-bond donors (Lipinski definition) is 2. The zero-order chi connectivity index (χ0) is 13.2. The highest BCUT2D eigenvalue weighted by molar-refractivity contribution is 5.45. The van der Waals surface area contributed by atoms with Crippen molar-refractivity contribution < 1.29 is 0 Å². The highest BCUT2D eigenvalue weighted by atomic mass is 15.2. The molecule has 1 atom stereocenters. The minimum atomic E-state index is 0.259. The molecule has 1 aromatic heterocycles. The lowest BCUT2D eigenvalue weighted by Gasteiger charge is -2.23. The molecule has 2 heterocycles. The summed E-state index contributed by atoms with van der Waals surface area (Å²) in [6, 6.07) is 2.39. The first-order valence-electron chi connectivity index (χ1n) is 7.37. The minimum Gasteiger partial charge on any atom is -0.368 e. The fourth-order valence-electron chi connectivity index (χ4n) is 3.24. The van der Waals surface area contributed by atoms with Gasteiger partial charge in [-0.2, -0.15) is 4.98 Å². The van der Waals surface area contributed by atoms with Gasteiger partial charge in [-0.3, -0.25) is 0 Å². The topological polar surface area (TPSA) is 81.1 Å². The van der Waals surface area contributed by atoms with Gasteiger partial charge in [-0.05, 0) is 19.3 Å². The first-order chi connectivity index (χ1) is 9.22. The van der Waals surface area contributed by atoms with Gasteiger partial charge >= 0.3 is 0 Å². The van der Waals surface area contributed by atoms with Gasteiger partial charge in [-0.1, -0.05) is 19.3 Å². The van der Waals surface area contributed by atoms with Crippen molar-refractivity contribution in [3.8, 4) is 0 Å². The van der Waals surface area contributed by atoms with E-state index in [1.165, 1.54) is 32.1 Å². The third-order valence-corrected chi connectivity index (χ3v) is 4.32. The Labute approximate surface area is 114 Å². The Balaban J connectivity index is 1.83. The maximum atomic E-state index is 5.97. The van der Waals surface area contributed by atoms with E-state index in [2.05, 4.69) is 20.9 Å². The van der Waals surface area contributed by atoms with Crippen LogP contribution in [0, 0.1) is 0 Å². The van der Waals surface area contributed by atoms with E-state index < -0.39 is 0 Å². The first-order valence-corrected chi connectivity index (χ1v) is 7.37. The molecular formula is C14H23N5. The van der Waals surface area contributed by atoms with Gasteiger partial charge in [-0.15, -0.1) is 0 Å². The molecule has 5 heteroatoms. The molecular weight excluding hydrogens is 238 g/mol. The van der Waals surface area contributed by atoms with Crippen molar-refractivity contribution in [2.24, 2.45) is 5.73 Å². The molecule has 19 heavy (non-hydrogen) atoms. The Morgan fingerprint density at radius 2 is 1.89 bits per heavy atom. The molecule has 1 saturated heterocycles. The Morgan fingerprint density at radius 3 is 2.58 bits per heavy atom. The predicted octanol–water partition coefficient (Wildman–Crippen LogP) is 1.64. The van der Waals surface area contributed by atoms with Gasteiger partial charge < -0.3 is 16.4 Å². The van der Waals surface area contributed by atoms with Crippen LogP contribution in [0.3, 0.4) is 0 Å². The normalized spacial score (nSPS) is 24.9. The van der Waals surface area contributed by atoms with E-state index in [-0.39, 0.29) is 6.04 Å². The summed E-state index contributed by atoms with van der Waals surface area (Å²) in [5.74, 6) is 1.92. The van der Waals surface area contributed by atoms with Crippen LogP contribution in [-0.2, 0) is 0 Å². The van der Waals surface area contributed by atoms with Crippen LogP contribution in [0.15, 0.2) is 6.07 Å². The quantitative estimate of drug-likeness (QED) is 0.846. The van der Waals surface area contributed by atoms with Crippen LogP contribution in [0.2, 0.25) is 0 Å². The number of hydrogen-bond acceptors (Lipinski definition) is 5. The number of aromatic nitrogens is 2. The Bertz CT molecular complexity index is 418. The summed E-state index contributed by atoms with van der Waals surface area (Å²) >= 11 is 0. The SMILES string of the molecule is Nc1nc(C2CCCCC2)cc(N2CC[C@@H](N)C2)n1. The average Bonchev–Trinajstić information content (AvgIpc) is 2.86. The van der Waals surface area contributed by atoms with Crippen LogP contribution in [0.4, 0.5) is 11.8 Å². The minimum absolute atomic E-state index is 0.259. The summed E-state index contributed by atoms with van der Waals surface area (Å²) < 4.78 is 0. The molecule has 1 aliphatic carbocycles. The van der Waals surface area contributed by atoms with Crippen LogP contribution in [0.1, 0.15) is 50.1 Å². The summed E-state index contributed by atoms with van der Waals surface area (Å²) in [6.07, 6.45) is 7.45. The van der Waals surface area contributed by atoms with E-state index in [9.17, 15) is 0 Å². The predicted molar refractivity (Wildman–Crippen MR) is 77.1 cm³/mol. The molecule has 0 spiro atoms. The van der Waals surface area contributed by atoms with Gasteiger partial charge in [0.2, 0.25) is 5.95 Å². The van der Waals surface area contributed by atoms with Gasteiger partial charge in [0.15, 0.2) is 0 Å². The van der Waals surface area contributed by atoms with E-state index in [4.69, 9.17) is 11.5 Å². The van der Waals surface area contributed by atoms with Crippen molar-refractivity contribution in [3.05, 3.63) is 11.8 Å². The molecule has 5 nitrogen and oxygen atoms in total. The molecule has 0 aromatic carbocycles. The molecule has 3 rings (SSSR count). The van der Waals surface area contributed by atoms with Crippen LogP contribution in [-0.4, -0.2) is 29.1 Å². The van der Waals surface area contributed by atoms with Crippen LogP contribution in [0.5, 0.6) is 0 Å². The maximum absolute atomic E-state index is 5.97. The highest BCUT2D eigenvalue weighted by Crippen LogP contribution is 2.33.